The number of carbonyl (C=O) groups is 1. The highest BCUT2D eigenvalue weighted by molar-refractivity contribution is 5.72. The van der Waals surface area contributed by atoms with Crippen LogP contribution in [0.15, 0.2) is 24.3 Å². The second kappa shape index (κ2) is 7.29. The molecule has 0 spiro atoms. The summed E-state index contributed by atoms with van der Waals surface area (Å²) in [4.78, 5) is 13.9. The smallest absolute Gasteiger partial charge is 0.308 e. The number of benzene rings is 1. The molecule has 0 amide bonds. The van der Waals surface area contributed by atoms with Gasteiger partial charge in [-0.15, -0.1) is 0 Å². The number of hydrogen-bond acceptors (Lipinski definition) is 4. The third kappa shape index (κ3) is 4.23. The van der Waals surface area contributed by atoms with Crippen LogP contribution >= 0.6 is 0 Å². The zero-order valence-electron chi connectivity index (χ0n) is 12.2. The van der Waals surface area contributed by atoms with Crippen LogP contribution in [0.3, 0.4) is 0 Å². The van der Waals surface area contributed by atoms with Gasteiger partial charge in [0.2, 0.25) is 0 Å². The molecule has 1 aromatic carbocycles. The standard InChI is InChI=1S/C16H24N2O2/c1-20-16(19)14-8-11-18(12-9-14)10-2-3-13-4-6-15(17)7-5-13/h4-7,14H,2-3,8-12,17H2,1H3. The number of nitrogen functional groups attached to an aromatic ring is 1. The molecule has 1 fully saturated rings. The van der Waals surface area contributed by atoms with E-state index in [1.807, 2.05) is 12.1 Å². The minimum Gasteiger partial charge on any atom is -0.469 e. The first-order chi connectivity index (χ1) is 9.69. The van der Waals surface area contributed by atoms with E-state index in [4.69, 9.17) is 10.5 Å². The van der Waals surface area contributed by atoms with Crippen LogP contribution in [0, 0.1) is 5.92 Å². The van der Waals surface area contributed by atoms with Gasteiger partial charge in [0.15, 0.2) is 0 Å². The van der Waals surface area contributed by atoms with Gasteiger partial charge in [-0.25, -0.2) is 0 Å². The lowest BCUT2D eigenvalue weighted by Gasteiger charge is -2.30. The van der Waals surface area contributed by atoms with Crippen molar-refractivity contribution in [1.82, 2.24) is 4.90 Å². The highest BCUT2D eigenvalue weighted by Gasteiger charge is 2.24. The van der Waals surface area contributed by atoms with E-state index in [9.17, 15) is 4.79 Å². The van der Waals surface area contributed by atoms with Crippen LogP contribution in [-0.4, -0.2) is 37.6 Å². The van der Waals surface area contributed by atoms with Gasteiger partial charge in [-0.3, -0.25) is 4.79 Å². The third-order valence-corrected chi connectivity index (χ3v) is 4.04. The van der Waals surface area contributed by atoms with Crippen LogP contribution in [0.2, 0.25) is 0 Å². The van der Waals surface area contributed by atoms with E-state index < -0.39 is 0 Å². The Morgan fingerprint density at radius 1 is 1.30 bits per heavy atom. The van der Waals surface area contributed by atoms with Gasteiger partial charge in [-0.2, -0.15) is 0 Å². The van der Waals surface area contributed by atoms with Crippen molar-refractivity contribution >= 4 is 11.7 Å². The molecule has 0 atom stereocenters. The van der Waals surface area contributed by atoms with E-state index in [2.05, 4.69) is 17.0 Å². The van der Waals surface area contributed by atoms with Crippen molar-refractivity contribution in [2.24, 2.45) is 5.92 Å². The first-order valence-electron chi connectivity index (χ1n) is 7.33. The fourth-order valence-corrected chi connectivity index (χ4v) is 2.75. The van der Waals surface area contributed by atoms with Gasteiger partial charge in [-0.05, 0) is 63.0 Å². The summed E-state index contributed by atoms with van der Waals surface area (Å²) in [6.45, 7) is 3.10. The summed E-state index contributed by atoms with van der Waals surface area (Å²) in [5.74, 6) is 0.0554. The van der Waals surface area contributed by atoms with Crippen LogP contribution in [0.4, 0.5) is 5.69 Å². The van der Waals surface area contributed by atoms with E-state index in [0.29, 0.717) is 0 Å². The lowest BCUT2D eigenvalue weighted by Crippen LogP contribution is -2.37. The molecule has 1 aliphatic rings. The Morgan fingerprint density at radius 2 is 1.95 bits per heavy atom. The molecule has 2 rings (SSSR count). The highest BCUT2D eigenvalue weighted by atomic mass is 16.5. The normalized spacial score (nSPS) is 17.1. The topological polar surface area (TPSA) is 55.6 Å². The molecular formula is C16H24N2O2. The Labute approximate surface area is 120 Å². The number of piperidine rings is 1. The molecule has 2 N–H and O–H groups in total. The molecule has 4 heteroatoms. The molecule has 0 radical (unpaired) electrons. The minimum absolute atomic E-state index is 0.0495. The van der Waals surface area contributed by atoms with Gasteiger partial charge in [0.25, 0.3) is 0 Å². The van der Waals surface area contributed by atoms with Crippen LogP contribution in [0.25, 0.3) is 0 Å². The van der Waals surface area contributed by atoms with Crippen LogP contribution in [-0.2, 0) is 16.0 Å². The number of aryl methyl sites for hydroxylation is 1. The van der Waals surface area contributed by atoms with Crippen molar-refractivity contribution in [2.45, 2.75) is 25.7 Å². The zero-order chi connectivity index (χ0) is 14.4. The maximum atomic E-state index is 11.4. The Bertz CT molecular complexity index is 423. The summed E-state index contributed by atoms with van der Waals surface area (Å²) in [5, 5.41) is 0. The number of nitrogens with zero attached hydrogens (tertiary/aromatic N) is 1. The lowest BCUT2D eigenvalue weighted by molar-refractivity contribution is -0.147. The van der Waals surface area contributed by atoms with Gasteiger partial charge >= 0.3 is 5.97 Å². The van der Waals surface area contributed by atoms with E-state index in [-0.39, 0.29) is 11.9 Å². The number of esters is 1. The molecule has 1 heterocycles. The molecule has 1 saturated heterocycles. The monoisotopic (exact) mass is 276 g/mol. The number of ether oxygens (including phenoxy) is 1. The molecule has 1 aliphatic heterocycles. The minimum atomic E-state index is -0.0495. The van der Waals surface area contributed by atoms with Gasteiger partial charge in [0.1, 0.15) is 0 Å². The molecule has 0 saturated carbocycles. The molecule has 20 heavy (non-hydrogen) atoms. The molecule has 1 aromatic rings. The third-order valence-electron chi connectivity index (χ3n) is 4.04. The number of methoxy groups -OCH3 is 1. The van der Waals surface area contributed by atoms with Crippen molar-refractivity contribution in [3.63, 3.8) is 0 Å². The summed E-state index contributed by atoms with van der Waals surface area (Å²) in [6, 6.07) is 8.10. The highest BCUT2D eigenvalue weighted by Crippen LogP contribution is 2.18. The van der Waals surface area contributed by atoms with Gasteiger partial charge in [0.05, 0.1) is 13.0 Å². The molecular weight excluding hydrogens is 252 g/mol. The van der Waals surface area contributed by atoms with Gasteiger partial charge < -0.3 is 15.4 Å². The lowest BCUT2D eigenvalue weighted by atomic mass is 9.97. The fourth-order valence-electron chi connectivity index (χ4n) is 2.75. The Kier molecular flexibility index (Phi) is 5.41. The summed E-state index contributed by atoms with van der Waals surface area (Å²) in [7, 11) is 1.47. The second-order valence-corrected chi connectivity index (χ2v) is 5.48. The molecule has 0 aromatic heterocycles. The Balaban J connectivity index is 1.66. The zero-order valence-corrected chi connectivity index (χ0v) is 12.2. The number of carbonyl (C=O) groups excluding carboxylic acids is 1. The van der Waals surface area contributed by atoms with Crippen LogP contribution < -0.4 is 5.73 Å². The van der Waals surface area contributed by atoms with Crippen molar-refractivity contribution in [2.75, 3.05) is 32.5 Å². The fraction of sp³-hybridized carbons (Fsp3) is 0.562. The Morgan fingerprint density at radius 3 is 2.55 bits per heavy atom. The van der Waals surface area contributed by atoms with Crippen molar-refractivity contribution < 1.29 is 9.53 Å². The van der Waals surface area contributed by atoms with Crippen LogP contribution in [0.5, 0.6) is 0 Å². The Hall–Kier alpha value is -1.55. The van der Waals surface area contributed by atoms with Gasteiger partial charge in [0, 0.05) is 5.69 Å². The number of anilines is 1. The first kappa shape index (κ1) is 14.9. The SMILES string of the molecule is COC(=O)C1CCN(CCCc2ccc(N)cc2)CC1. The van der Waals surface area contributed by atoms with E-state index in [1.165, 1.54) is 12.7 Å². The summed E-state index contributed by atoms with van der Waals surface area (Å²) < 4.78 is 4.81. The number of hydrogen-bond donors (Lipinski definition) is 1. The molecule has 0 aliphatic carbocycles. The van der Waals surface area contributed by atoms with E-state index >= 15 is 0 Å². The van der Waals surface area contributed by atoms with E-state index in [0.717, 1.165) is 51.0 Å². The maximum absolute atomic E-state index is 11.4. The van der Waals surface area contributed by atoms with Crippen LogP contribution in [0.1, 0.15) is 24.8 Å². The molecule has 0 bridgehead atoms. The average Bonchev–Trinajstić information content (AvgIpc) is 2.49. The predicted octanol–water partition coefficient (Wildman–Crippen LogP) is 2.09. The molecule has 0 unspecified atom stereocenters. The van der Waals surface area contributed by atoms with E-state index in [1.54, 1.807) is 0 Å². The maximum Gasteiger partial charge on any atom is 0.308 e. The molecule has 4 nitrogen and oxygen atoms in total. The largest absolute Gasteiger partial charge is 0.469 e. The molecule has 110 valence electrons. The summed E-state index contributed by atoms with van der Waals surface area (Å²) >= 11 is 0. The van der Waals surface area contributed by atoms with Crippen molar-refractivity contribution in [3.8, 4) is 0 Å². The second-order valence-electron chi connectivity index (χ2n) is 5.48. The number of rotatable bonds is 5. The number of likely N-dealkylation sites (tertiary alicyclic amines) is 1. The average molecular weight is 276 g/mol. The van der Waals surface area contributed by atoms with Gasteiger partial charge in [-0.1, -0.05) is 12.1 Å². The summed E-state index contributed by atoms with van der Waals surface area (Å²) in [5.41, 5.74) is 7.83. The first-order valence-corrected chi connectivity index (χ1v) is 7.33. The predicted molar refractivity (Wildman–Crippen MR) is 80.4 cm³/mol. The van der Waals surface area contributed by atoms with Crippen molar-refractivity contribution in [3.05, 3.63) is 29.8 Å². The van der Waals surface area contributed by atoms with Crippen molar-refractivity contribution in [1.29, 1.82) is 0 Å². The quantitative estimate of drug-likeness (QED) is 0.661. The summed E-state index contributed by atoms with van der Waals surface area (Å²) in [6.07, 6.45) is 4.08. The number of nitrogens with two attached hydrogens (primary N) is 1.